The van der Waals surface area contributed by atoms with Crippen LogP contribution in [0.1, 0.15) is 24.4 Å². The molecule has 0 radical (unpaired) electrons. The van der Waals surface area contributed by atoms with Gasteiger partial charge < -0.3 is 9.55 Å². The van der Waals surface area contributed by atoms with Gasteiger partial charge in [0.15, 0.2) is 0 Å². The lowest BCUT2D eigenvalue weighted by molar-refractivity contribution is 0.248. The Hall–Kier alpha value is -2.41. The predicted octanol–water partition coefficient (Wildman–Crippen LogP) is 4.11. The van der Waals surface area contributed by atoms with Gasteiger partial charge in [-0.3, -0.25) is 4.90 Å². The Morgan fingerprint density at radius 2 is 1.97 bits per heavy atom. The average molecular weight is 407 g/mol. The molecule has 1 saturated heterocycles. The van der Waals surface area contributed by atoms with E-state index in [2.05, 4.69) is 56.7 Å². The molecule has 6 heteroatoms. The maximum atomic E-state index is 13.0. The van der Waals surface area contributed by atoms with Gasteiger partial charge >= 0.3 is 0 Å². The predicted molar refractivity (Wildman–Crippen MR) is 119 cm³/mol. The van der Waals surface area contributed by atoms with Crippen LogP contribution in [0.25, 0.3) is 21.8 Å². The van der Waals surface area contributed by atoms with Gasteiger partial charge in [0.25, 0.3) is 0 Å². The highest BCUT2D eigenvalue weighted by Crippen LogP contribution is 2.31. The summed E-state index contributed by atoms with van der Waals surface area (Å²) in [5.41, 5.74) is 3.57. The summed E-state index contributed by atoms with van der Waals surface area (Å²) in [6, 6.07) is 16.7. The molecule has 2 aromatic carbocycles. The smallest absolute Gasteiger partial charge is 0.125 e. The van der Waals surface area contributed by atoms with E-state index in [0.29, 0.717) is 6.54 Å². The fraction of sp³-hybridized carbons (Fsp3) is 0.304. The first-order valence-corrected chi connectivity index (χ1v) is 11.4. The van der Waals surface area contributed by atoms with Gasteiger partial charge in [-0.2, -0.15) is 0 Å². The van der Waals surface area contributed by atoms with E-state index in [0.717, 1.165) is 28.9 Å². The maximum Gasteiger partial charge on any atom is 0.125 e. The van der Waals surface area contributed by atoms with Crippen LogP contribution in [0.3, 0.4) is 0 Å². The monoisotopic (exact) mass is 406 g/mol. The first kappa shape index (κ1) is 18.6. The molecular formula is C23H26N4OS. The van der Waals surface area contributed by atoms with E-state index in [1.807, 2.05) is 30.5 Å². The molecule has 1 aliphatic rings. The molecular weight excluding hydrogens is 380 g/mol. The van der Waals surface area contributed by atoms with Crippen LogP contribution in [-0.4, -0.2) is 38.3 Å². The van der Waals surface area contributed by atoms with E-state index >= 15 is 0 Å². The average Bonchev–Trinajstić information content (AvgIpc) is 3.49. The van der Waals surface area contributed by atoms with E-state index in [9.17, 15) is 4.21 Å². The largest absolute Gasteiger partial charge is 0.361 e. The normalized spacial score (nSPS) is 17.3. The lowest BCUT2D eigenvalue weighted by Crippen LogP contribution is -2.34. The molecule has 5 rings (SSSR count). The molecule has 5 nitrogen and oxygen atoms in total. The van der Waals surface area contributed by atoms with Crippen LogP contribution in [0.4, 0.5) is 0 Å². The van der Waals surface area contributed by atoms with Crippen molar-refractivity contribution >= 4 is 32.8 Å². The summed E-state index contributed by atoms with van der Waals surface area (Å²) < 4.78 is 18.5. The third-order valence-electron chi connectivity index (χ3n) is 6.02. The Morgan fingerprint density at radius 1 is 1.14 bits per heavy atom. The van der Waals surface area contributed by atoms with E-state index < -0.39 is 11.0 Å². The van der Waals surface area contributed by atoms with E-state index in [4.69, 9.17) is 0 Å². The molecule has 0 spiro atoms. The Labute approximate surface area is 173 Å². The number of aromatic nitrogens is 2. The van der Waals surface area contributed by atoms with Gasteiger partial charge in [-0.25, -0.2) is 8.93 Å². The number of aryl methyl sites for hydroxylation is 1. The zero-order valence-corrected chi connectivity index (χ0v) is 17.4. The van der Waals surface area contributed by atoms with E-state index in [1.54, 1.807) is 0 Å². The molecule has 2 atom stereocenters. The zero-order chi connectivity index (χ0) is 19.8. The summed E-state index contributed by atoms with van der Waals surface area (Å²) >= 11 is 0. The number of nitrogens with zero attached hydrogens (tertiary/aromatic N) is 2. The van der Waals surface area contributed by atoms with Crippen molar-refractivity contribution in [3.8, 4) is 0 Å². The number of H-pyrrole nitrogens is 1. The lowest BCUT2D eigenvalue weighted by Gasteiger charge is -2.27. The van der Waals surface area contributed by atoms with Crippen LogP contribution in [0.15, 0.2) is 65.8 Å². The van der Waals surface area contributed by atoms with E-state index in [-0.39, 0.29) is 6.04 Å². The van der Waals surface area contributed by atoms with Crippen molar-refractivity contribution in [3.05, 3.63) is 66.5 Å². The van der Waals surface area contributed by atoms with Gasteiger partial charge in [0, 0.05) is 42.4 Å². The fourth-order valence-corrected chi connectivity index (χ4v) is 5.40. The molecule has 1 aliphatic heterocycles. The third kappa shape index (κ3) is 3.52. The maximum absolute atomic E-state index is 13.0. The highest BCUT2D eigenvalue weighted by molar-refractivity contribution is 7.83. The van der Waals surface area contributed by atoms with Gasteiger partial charge in [0.05, 0.1) is 10.9 Å². The second-order valence-corrected chi connectivity index (χ2v) is 9.11. The number of aromatic amines is 1. The van der Waals surface area contributed by atoms with Crippen molar-refractivity contribution in [2.24, 2.45) is 7.05 Å². The first-order chi connectivity index (χ1) is 14.2. The molecule has 0 aliphatic carbocycles. The fourth-order valence-electron chi connectivity index (χ4n) is 4.51. The van der Waals surface area contributed by atoms with Crippen molar-refractivity contribution < 1.29 is 4.21 Å². The summed E-state index contributed by atoms with van der Waals surface area (Å²) in [7, 11) is 0.853. The number of nitrogens with one attached hydrogen (secondary N) is 2. The van der Waals surface area contributed by atoms with Gasteiger partial charge in [-0.15, -0.1) is 0 Å². The molecule has 2 unspecified atom stereocenters. The molecule has 2 aromatic heterocycles. The number of hydrogen-bond donors (Lipinski definition) is 2. The summed E-state index contributed by atoms with van der Waals surface area (Å²) in [6.45, 7) is 2.84. The summed E-state index contributed by atoms with van der Waals surface area (Å²) in [6.07, 6.45) is 6.61. The number of hydrogen-bond acceptors (Lipinski definition) is 2. The molecule has 0 bridgehead atoms. The SMILES string of the molecule is Cn1cc(C(CNS(=O)c2ccc3cc[nH]c3c2)N2CCCC2)c2ccccc21. The number of rotatable bonds is 6. The minimum Gasteiger partial charge on any atom is -0.361 e. The van der Waals surface area contributed by atoms with Gasteiger partial charge in [-0.05, 0) is 61.1 Å². The van der Waals surface area contributed by atoms with Crippen LogP contribution >= 0.6 is 0 Å². The lowest BCUT2D eigenvalue weighted by atomic mass is 10.0. The van der Waals surface area contributed by atoms with Crippen molar-refractivity contribution in [2.45, 2.75) is 23.8 Å². The van der Waals surface area contributed by atoms with Crippen LogP contribution in [0.5, 0.6) is 0 Å². The van der Waals surface area contributed by atoms with Crippen molar-refractivity contribution in [1.82, 2.24) is 19.2 Å². The molecule has 4 aromatic rings. The molecule has 1 fully saturated rings. The van der Waals surface area contributed by atoms with Crippen molar-refractivity contribution in [1.29, 1.82) is 0 Å². The van der Waals surface area contributed by atoms with Crippen LogP contribution in [-0.2, 0) is 18.0 Å². The number of para-hydroxylation sites is 1. The molecule has 3 heterocycles. The molecule has 0 saturated carbocycles. The van der Waals surface area contributed by atoms with E-state index in [1.165, 1.54) is 29.3 Å². The number of likely N-dealkylation sites (tertiary alicyclic amines) is 1. The molecule has 0 amide bonds. The van der Waals surface area contributed by atoms with Crippen molar-refractivity contribution in [2.75, 3.05) is 19.6 Å². The summed E-state index contributed by atoms with van der Waals surface area (Å²) in [5, 5.41) is 2.42. The minimum atomic E-state index is -1.25. The van der Waals surface area contributed by atoms with Crippen molar-refractivity contribution in [3.63, 3.8) is 0 Å². The quantitative estimate of drug-likeness (QED) is 0.506. The summed E-state index contributed by atoms with van der Waals surface area (Å²) in [5.74, 6) is 0. The van der Waals surface area contributed by atoms with Gasteiger partial charge in [0.1, 0.15) is 11.0 Å². The standard InChI is InChI=1S/C23H26N4OS/c1-26-16-20(19-6-2-3-7-22(19)26)23(27-12-4-5-13-27)15-25-29(28)18-9-8-17-10-11-24-21(17)14-18/h2-3,6-11,14,16,23-25H,4-5,12-13,15H2,1H3. The zero-order valence-electron chi connectivity index (χ0n) is 16.6. The minimum absolute atomic E-state index is 0.210. The summed E-state index contributed by atoms with van der Waals surface area (Å²) in [4.78, 5) is 6.53. The second kappa shape index (κ2) is 7.78. The van der Waals surface area contributed by atoms with Crippen LogP contribution in [0.2, 0.25) is 0 Å². The Bertz CT molecular complexity index is 1170. The Morgan fingerprint density at radius 3 is 2.83 bits per heavy atom. The highest BCUT2D eigenvalue weighted by Gasteiger charge is 2.26. The molecule has 29 heavy (non-hydrogen) atoms. The second-order valence-electron chi connectivity index (χ2n) is 7.82. The Kier molecular flexibility index (Phi) is 4.99. The van der Waals surface area contributed by atoms with Gasteiger partial charge in [-0.1, -0.05) is 24.3 Å². The number of fused-ring (bicyclic) bond motifs is 2. The third-order valence-corrected chi connectivity index (χ3v) is 7.13. The Balaban J connectivity index is 1.42. The van der Waals surface area contributed by atoms with Crippen LogP contribution in [0, 0.1) is 0 Å². The first-order valence-electron chi connectivity index (χ1n) is 10.2. The molecule has 2 N–H and O–H groups in total. The topological polar surface area (TPSA) is 53.1 Å². The highest BCUT2D eigenvalue weighted by atomic mass is 32.2. The van der Waals surface area contributed by atoms with Crippen LogP contribution < -0.4 is 4.72 Å². The molecule has 150 valence electrons. The number of benzene rings is 2. The van der Waals surface area contributed by atoms with Gasteiger partial charge in [0.2, 0.25) is 0 Å².